The zero-order chi connectivity index (χ0) is 29.3. The summed E-state index contributed by atoms with van der Waals surface area (Å²) in [5.41, 5.74) is 11.4. The number of rotatable bonds is 14. The van der Waals surface area contributed by atoms with Gasteiger partial charge in [-0.2, -0.15) is 21.8 Å². The van der Waals surface area contributed by atoms with E-state index in [0.717, 1.165) is 4.57 Å². The average molecular weight is 600 g/mol. The Morgan fingerprint density at radius 1 is 1.40 bits per heavy atom. The van der Waals surface area contributed by atoms with E-state index in [4.69, 9.17) is 24.3 Å². The van der Waals surface area contributed by atoms with Crippen LogP contribution < -0.4 is 21.0 Å². The Bertz CT molecular complexity index is 1310. The highest BCUT2D eigenvalue weighted by molar-refractivity contribution is 7.98. The molecule has 2 aromatic rings. The van der Waals surface area contributed by atoms with Gasteiger partial charge in [-0.05, 0) is 49.1 Å². The minimum Gasteiger partial charge on any atom is -0.465 e. The average Bonchev–Trinajstić information content (AvgIpc) is 3.16. The standard InChI is InChI=1S/C22H30N7O9PS/c1-3-35-20(32)15(10-12-40-2)26-39(34,38-14-7-5-4-6-8-14)36-13-22(27-28-24)18(31)17(30)19(37-22)29-11-9-16(23)25-21(29)33/h4-9,11,15,17-19,30-31H,3,10,12-13H2,1-2H3,(H,26,34)(H2,23,25,33)/t15-,17+,18-,19+,22?,39?/m0/s1. The summed E-state index contributed by atoms with van der Waals surface area (Å²) < 4.78 is 36.8. The van der Waals surface area contributed by atoms with Crippen molar-refractivity contribution in [2.75, 3.05) is 31.0 Å². The number of aromatic nitrogens is 2. The number of benzene rings is 1. The first-order valence-electron chi connectivity index (χ1n) is 12.0. The zero-order valence-corrected chi connectivity index (χ0v) is 23.3. The van der Waals surface area contributed by atoms with Crippen molar-refractivity contribution >= 4 is 31.3 Å². The molecule has 18 heteroatoms. The lowest BCUT2D eigenvalue weighted by Crippen LogP contribution is -2.46. The lowest BCUT2D eigenvalue weighted by Gasteiger charge is -2.30. The fraction of sp³-hybridized carbons (Fsp3) is 0.500. The number of aliphatic hydroxyl groups excluding tert-OH is 2. The number of anilines is 1. The maximum absolute atomic E-state index is 14.0. The van der Waals surface area contributed by atoms with Gasteiger partial charge in [0.15, 0.2) is 6.23 Å². The molecule has 2 unspecified atom stereocenters. The summed E-state index contributed by atoms with van der Waals surface area (Å²) in [7, 11) is -4.50. The van der Waals surface area contributed by atoms with Crippen molar-refractivity contribution in [2.45, 2.75) is 43.5 Å². The van der Waals surface area contributed by atoms with Gasteiger partial charge >= 0.3 is 19.4 Å². The maximum Gasteiger partial charge on any atom is 0.459 e. The number of para-hydroxylation sites is 1. The van der Waals surface area contributed by atoms with E-state index in [0.29, 0.717) is 5.75 Å². The molecule has 1 aliphatic heterocycles. The number of thioether (sulfide) groups is 1. The molecule has 0 spiro atoms. The molecule has 1 aromatic carbocycles. The van der Waals surface area contributed by atoms with Gasteiger partial charge in [-0.3, -0.25) is 13.9 Å². The normalized spacial score (nSPS) is 24.4. The van der Waals surface area contributed by atoms with Crippen molar-refractivity contribution in [1.82, 2.24) is 14.6 Å². The number of ether oxygens (including phenoxy) is 2. The van der Waals surface area contributed by atoms with Gasteiger partial charge in [-0.15, -0.1) is 0 Å². The predicted octanol–water partition coefficient (Wildman–Crippen LogP) is 1.56. The van der Waals surface area contributed by atoms with Gasteiger partial charge < -0.3 is 29.9 Å². The third-order valence-corrected chi connectivity index (χ3v) is 7.84. The van der Waals surface area contributed by atoms with E-state index >= 15 is 0 Å². The highest BCUT2D eigenvalue weighted by Gasteiger charge is 2.56. The first kappa shape index (κ1) is 31.4. The van der Waals surface area contributed by atoms with E-state index in [9.17, 15) is 29.9 Å². The van der Waals surface area contributed by atoms with Crippen molar-refractivity contribution in [1.29, 1.82) is 0 Å². The maximum atomic E-state index is 14.0. The number of nitrogen functional groups attached to an aromatic ring is 1. The zero-order valence-electron chi connectivity index (χ0n) is 21.6. The molecule has 3 rings (SSSR count). The number of nitrogens with zero attached hydrogens (tertiary/aromatic N) is 5. The number of esters is 1. The van der Waals surface area contributed by atoms with E-state index in [-0.39, 0.29) is 24.6 Å². The molecule has 0 aliphatic carbocycles. The Morgan fingerprint density at radius 3 is 2.75 bits per heavy atom. The first-order chi connectivity index (χ1) is 19.1. The van der Waals surface area contributed by atoms with E-state index < -0.39 is 56.2 Å². The third kappa shape index (κ3) is 7.53. The number of nitrogens with one attached hydrogen (secondary N) is 1. The van der Waals surface area contributed by atoms with Crippen LogP contribution in [-0.4, -0.2) is 74.9 Å². The first-order valence-corrected chi connectivity index (χ1v) is 14.9. The number of aliphatic hydroxyl groups is 2. The lowest BCUT2D eigenvalue weighted by atomic mass is 10.1. The second kappa shape index (κ2) is 14.0. The molecule has 1 aromatic heterocycles. The van der Waals surface area contributed by atoms with Crippen molar-refractivity contribution in [3.63, 3.8) is 0 Å². The molecule has 1 fully saturated rings. The van der Waals surface area contributed by atoms with Crippen LogP contribution in [0.2, 0.25) is 0 Å². The topological polar surface area (TPSA) is 233 Å². The van der Waals surface area contributed by atoms with Gasteiger partial charge in [-0.25, -0.2) is 9.36 Å². The largest absolute Gasteiger partial charge is 0.465 e. The van der Waals surface area contributed by atoms with Crippen LogP contribution in [0.1, 0.15) is 19.6 Å². The molecule has 0 radical (unpaired) electrons. The summed E-state index contributed by atoms with van der Waals surface area (Å²) in [6.07, 6.45) is -2.17. The molecule has 40 heavy (non-hydrogen) atoms. The second-order valence-electron chi connectivity index (χ2n) is 8.41. The Morgan fingerprint density at radius 2 is 2.12 bits per heavy atom. The Labute approximate surface area is 233 Å². The van der Waals surface area contributed by atoms with Gasteiger partial charge in [0.2, 0.25) is 5.72 Å². The minimum absolute atomic E-state index is 0.0691. The SMILES string of the molecule is CCOC(=O)[C@H](CCSC)NP(=O)(OCC1(N=[N+]=[N-])O[C@@H](n2ccc(N)nc2=O)[C@H](O)[C@@H]1O)Oc1ccccc1. The summed E-state index contributed by atoms with van der Waals surface area (Å²) in [6, 6.07) is 8.03. The Balaban J connectivity index is 1.94. The van der Waals surface area contributed by atoms with Gasteiger partial charge in [0.1, 0.15) is 29.8 Å². The molecule has 5 N–H and O–H groups in total. The van der Waals surface area contributed by atoms with Crippen LogP contribution in [0.25, 0.3) is 10.4 Å². The van der Waals surface area contributed by atoms with Crippen LogP contribution in [0.15, 0.2) is 52.5 Å². The quantitative estimate of drug-likeness (QED) is 0.0794. The van der Waals surface area contributed by atoms with Crippen LogP contribution >= 0.6 is 19.5 Å². The van der Waals surface area contributed by atoms with Gasteiger partial charge in [0, 0.05) is 11.1 Å². The summed E-state index contributed by atoms with van der Waals surface area (Å²) >= 11 is 1.44. The molecule has 2 heterocycles. The monoisotopic (exact) mass is 599 g/mol. The molecule has 0 saturated carbocycles. The van der Waals surface area contributed by atoms with Crippen LogP contribution in [-0.2, 0) is 23.4 Å². The number of carbonyl (C=O) groups is 1. The lowest BCUT2D eigenvalue weighted by molar-refractivity contribution is -0.145. The number of hydrogen-bond donors (Lipinski definition) is 4. The number of hydrogen-bond acceptors (Lipinski definition) is 13. The van der Waals surface area contributed by atoms with Crippen molar-refractivity contribution < 1.29 is 38.1 Å². The van der Waals surface area contributed by atoms with Crippen LogP contribution in [0.3, 0.4) is 0 Å². The van der Waals surface area contributed by atoms with Gasteiger partial charge in [-0.1, -0.05) is 23.3 Å². The van der Waals surface area contributed by atoms with Gasteiger partial charge in [0.05, 0.1) is 13.2 Å². The fourth-order valence-corrected chi connectivity index (χ4v) is 5.73. The van der Waals surface area contributed by atoms with Crippen molar-refractivity contribution in [3.05, 3.63) is 63.5 Å². The molecular formula is C22H30N7O9PS. The molecule has 1 aliphatic rings. The van der Waals surface area contributed by atoms with Crippen LogP contribution in [0.5, 0.6) is 5.75 Å². The number of nitrogens with two attached hydrogens (primary N) is 1. The van der Waals surface area contributed by atoms with E-state index in [1.807, 2.05) is 6.26 Å². The molecule has 0 bridgehead atoms. The third-order valence-electron chi connectivity index (χ3n) is 5.65. The number of carbonyl (C=O) groups excluding carboxylic acids is 1. The molecule has 218 valence electrons. The molecular weight excluding hydrogens is 569 g/mol. The molecule has 6 atom stereocenters. The Kier molecular flexibility index (Phi) is 11.0. The van der Waals surface area contributed by atoms with E-state index in [1.165, 1.54) is 36.2 Å². The second-order valence-corrected chi connectivity index (χ2v) is 11.1. The smallest absolute Gasteiger partial charge is 0.459 e. The summed E-state index contributed by atoms with van der Waals surface area (Å²) in [5, 5.41) is 27.6. The van der Waals surface area contributed by atoms with Crippen LogP contribution in [0.4, 0.5) is 5.82 Å². The predicted molar refractivity (Wildman–Crippen MR) is 144 cm³/mol. The highest BCUT2D eigenvalue weighted by atomic mass is 32.2. The summed E-state index contributed by atoms with van der Waals surface area (Å²) in [5.74, 6) is -0.204. The fourth-order valence-electron chi connectivity index (χ4n) is 3.71. The summed E-state index contributed by atoms with van der Waals surface area (Å²) in [6.45, 7) is 0.754. The van der Waals surface area contributed by atoms with E-state index in [1.54, 1.807) is 25.1 Å². The molecule has 0 amide bonds. The van der Waals surface area contributed by atoms with Crippen molar-refractivity contribution in [2.24, 2.45) is 5.11 Å². The van der Waals surface area contributed by atoms with Crippen molar-refractivity contribution in [3.8, 4) is 5.75 Å². The van der Waals surface area contributed by atoms with E-state index in [2.05, 4.69) is 20.1 Å². The number of azide groups is 1. The highest BCUT2D eigenvalue weighted by Crippen LogP contribution is 2.48. The van der Waals surface area contributed by atoms with Gasteiger partial charge in [0.25, 0.3) is 0 Å². The van der Waals surface area contributed by atoms with Crippen LogP contribution in [0, 0.1) is 0 Å². The molecule has 16 nitrogen and oxygen atoms in total. The molecule has 1 saturated heterocycles. The Hall–Kier alpha value is -3.14. The summed E-state index contributed by atoms with van der Waals surface area (Å²) in [4.78, 5) is 31.2. The minimum atomic E-state index is -4.50.